The van der Waals surface area contributed by atoms with E-state index in [9.17, 15) is 13.2 Å². The van der Waals surface area contributed by atoms with Gasteiger partial charge in [-0.1, -0.05) is 41.1 Å². The third kappa shape index (κ3) is 2.51. The first-order valence-electron chi connectivity index (χ1n) is 5.71. The van der Waals surface area contributed by atoms with Gasteiger partial charge in [0.25, 0.3) is 0 Å². The van der Waals surface area contributed by atoms with Crippen molar-refractivity contribution in [3.8, 4) is 0 Å². The molecule has 1 aromatic rings. The fourth-order valence-electron chi connectivity index (χ4n) is 2.63. The van der Waals surface area contributed by atoms with Gasteiger partial charge in [-0.2, -0.15) is 13.2 Å². The fraction of sp³-hybridized carbons (Fsp3) is 0.538. The Hall–Kier alpha value is -0.510. The van der Waals surface area contributed by atoms with Crippen LogP contribution in [0.4, 0.5) is 13.2 Å². The van der Waals surface area contributed by atoms with Crippen LogP contribution in [0.25, 0.3) is 0 Å². The monoisotopic (exact) mass is 306 g/mol. The van der Waals surface area contributed by atoms with Crippen molar-refractivity contribution in [2.45, 2.75) is 36.7 Å². The Labute approximate surface area is 107 Å². The number of benzene rings is 1. The van der Waals surface area contributed by atoms with Crippen molar-refractivity contribution in [3.05, 3.63) is 35.4 Å². The van der Waals surface area contributed by atoms with Gasteiger partial charge in [-0.3, -0.25) is 0 Å². The molecule has 3 unspecified atom stereocenters. The molecular formula is C13H14BrF3. The molecule has 1 aromatic carbocycles. The summed E-state index contributed by atoms with van der Waals surface area (Å²) in [7, 11) is 0. The Morgan fingerprint density at radius 1 is 1.18 bits per heavy atom. The summed E-state index contributed by atoms with van der Waals surface area (Å²) in [6.07, 6.45) is -2.48. The molecule has 4 heteroatoms. The van der Waals surface area contributed by atoms with Crippen LogP contribution in [0.2, 0.25) is 0 Å². The topological polar surface area (TPSA) is 0 Å². The molecule has 0 heterocycles. The lowest BCUT2D eigenvalue weighted by atomic mass is 9.87. The van der Waals surface area contributed by atoms with E-state index < -0.39 is 11.7 Å². The molecule has 0 aromatic heterocycles. The van der Waals surface area contributed by atoms with Crippen LogP contribution in [0.15, 0.2) is 24.3 Å². The number of rotatable bonds is 1. The zero-order valence-electron chi connectivity index (χ0n) is 9.47. The maximum Gasteiger partial charge on any atom is 0.416 e. The molecule has 94 valence electrons. The van der Waals surface area contributed by atoms with Crippen molar-refractivity contribution in [2.24, 2.45) is 5.92 Å². The smallest absolute Gasteiger partial charge is 0.166 e. The van der Waals surface area contributed by atoms with E-state index in [-0.39, 0.29) is 11.8 Å². The average molecular weight is 307 g/mol. The molecule has 1 fully saturated rings. The van der Waals surface area contributed by atoms with Crippen LogP contribution in [0.3, 0.4) is 0 Å². The molecule has 0 N–H and O–H groups in total. The summed E-state index contributed by atoms with van der Waals surface area (Å²) in [5.41, 5.74) is -0.0205. The normalized spacial score (nSPS) is 29.6. The van der Waals surface area contributed by atoms with Crippen molar-refractivity contribution in [1.29, 1.82) is 0 Å². The Bertz CT molecular complexity index is 400. The first-order chi connectivity index (χ1) is 7.91. The SMILES string of the molecule is CC1C(Br)CCC1c1ccccc1C(F)(F)F. The highest BCUT2D eigenvalue weighted by Gasteiger charge is 2.39. The summed E-state index contributed by atoms with van der Waals surface area (Å²) >= 11 is 3.54. The third-order valence-corrected chi connectivity index (χ3v) is 4.92. The number of alkyl halides is 4. The molecule has 1 saturated carbocycles. The summed E-state index contributed by atoms with van der Waals surface area (Å²) < 4.78 is 38.7. The largest absolute Gasteiger partial charge is 0.416 e. The first kappa shape index (κ1) is 12.9. The number of hydrogen-bond acceptors (Lipinski definition) is 0. The van der Waals surface area contributed by atoms with Crippen LogP contribution in [0.5, 0.6) is 0 Å². The molecule has 0 bridgehead atoms. The Balaban J connectivity index is 2.39. The quantitative estimate of drug-likeness (QED) is 0.642. The van der Waals surface area contributed by atoms with Crippen LogP contribution in [-0.4, -0.2) is 4.83 Å². The van der Waals surface area contributed by atoms with Crippen LogP contribution in [-0.2, 0) is 6.18 Å². The molecule has 0 spiro atoms. The molecule has 0 saturated heterocycles. The lowest BCUT2D eigenvalue weighted by Crippen LogP contribution is -2.15. The Kier molecular flexibility index (Phi) is 3.53. The minimum atomic E-state index is -4.25. The van der Waals surface area contributed by atoms with Crippen molar-refractivity contribution in [1.82, 2.24) is 0 Å². The summed E-state index contributed by atoms with van der Waals surface area (Å²) in [4.78, 5) is 0.328. The highest BCUT2D eigenvalue weighted by Crippen LogP contribution is 2.46. The number of halogens is 4. The molecule has 0 amide bonds. The summed E-state index contributed by atoms with van der Waals surface area (Å²) in [6, 6.07) is 5.95. The van der Waals surface area contributed by atoms with E-state index >= 15 is 0 Å². The van der Waals surface area contributed by atoms with Gasteiger partial charge in [0, 0.05) is 4.83 Å². The van der Waals surface area contributed by atoms with Crippen molar-refractivity contribution in [2.75, 3.05) is 0 Å². The second-order valence-corrected chi connectivity index (χ2v) is 5.82. The molecule has 0 radical (unpaired) electrons. The molecule has 0 aliphatic heterocycles. The number of hydrogen-bond donors (Lipinski definition) is 0. The van der Waals surface area contributed by atoms with E-state index in [0.717, 1.165) is 12.8 Å². The van der Waals surface area contributed by atoms with Crippen molar-refractivity contribution >= 4 is 15.9 Å². The molecule has 1 aliphatic rings. The maximum absolute atomic E-state index is 12.9. The maximum atomic E-state index is 12.9. The zero-order valence-corrected chi connectivity index (χ0v) is 11.1. The summed E-state index contributed by atoms with van der Waals surface area (Å²) in [5, 5.41) is 0. The van der Waals surface area contributed by atoms with E-state index in [1.807, 2.05) is 6.92 Å². The molecule has 17 heavy (non-hydrogen) atoms. The summed E-state index contributed by atoms with van der Waals surface area (Å²) in [5.74, 6) is 0.260. The molecule has 0 nitrogen and oxygen atoms in total. The Morgan fingerprint density at radius 3 is 2.35 bits per heavy atom. The van der Waals surface area contributed by atoms with Crippen molar-refractivity contribution < 1.29 is 13.2 Å². The molecule has 1 aliphatic carbocycles. The standard InChI is InChI=1S/C13H14BrF3/c1-8-9(6-7-12(8)14)10-4-2-3-5-11(10)13(15,16)17/h2-5,8-9,12H,6-7H2,1H3. The van der Waals surface area contributed by atoms with Crippen molar-refractivity contribution in [3.63, 3.8) is 0 Å². The van der Waals surface area contributed by atoms with Gasteiger partial charge in [0.2, 0.25) is 0 Å². The third-order valence-electron chi connectivity index (χ3n) is 3.62. The molecule has 2 rings (SSSR count). The van der Waals surface area contributed by atoms with E-state index in [2.05, 4.69) is 15.9 Å². The van der Waals surface area contributed by atoms with Crippen LogP contribution in [0, 0.1) is 5.92 Å². The second kappa shape index (κ2) is 4.63. The minimum absolute atomic E-state index is 0.0113. The van der Waals surface area contributed by atoms with E-state index in [0.29, 0.717) is 10.4 Å². The Morgan fingerprint density at radius 2 is 1.82 bits per heavy atom. The predicted molar refractivity (Wildman–Crippen MR) is 65.3 cm³/mol. The predicted octanol–water partition coefficient (Wildman–Crippen LogP) is 4.98. The van der Waals surface area contributed by atoms with Crippen LogP contribution >= 0.6 is 15.9 Å². The average Bonchev–Trinajstić information content (AvgIpc) is 2.59. The van der Waals surface area contributed by atoms with Gasteiger partial charge in [0.15, 0.2) is 0 Å². The molecule has 3 atom stereocenters. The van der Waals surface area contributed by atoms with Gasteiger partial charge < -0.3 is 0 Å². The fourth-order valence-corrected chi connectivity index (χ4v) is 3.27. The highest BCUT2D eigenvalue weighted by molar-refractivity contribution is 9.09. The van der Waals surface area contributed by atoms with Gasteiger partial charge >= 0.3 is 6.18 Å². The second-order valence-electron chi connectivity index (χ2n) is 4.64. The van der Waals surface area contributed by atoms with Gasteiger partial charge in [-0.25, -0.2) is 0 Å². The van der Waals surface area contributed by atoms with Gasteiger partial charge in [0.1, 0.15) is 0 Å². The minimum Gasteiger partial charge on any atom is -0.166 e. The zero-order chi connectivity index (χ0) is 12.6. The first-order valence-corrected chi connectivity index (χ1v) is 6.63. The van der Waals surface area contributed by atoms with E-state index in [4.69, 9.17) is 0 Å². The summed E-state index contributed by atoms with van der Waals surface area (Å²) in [6.45, 7) is 2.02. The van der Waals surface area contributed by atoms with Crippen LogP contribution in [0.1, 0.15) is 36.8 Å². The van der Waals surface area contributed by atoms with Crippen LogP contribution < -0.4 is 0 Å². The lowest BCUT2D eigenvalue weighted by molar-refractivity contribution is -0.138. The van der Waals surface area contributed by atoms with Gasteiger partial charge in [-0.15, -0.1) is 0 Å². The van der Waals surface area contributed by atoms with E-state index in [1.54, 1.807) is 12.1 Å². The lowest BCUT2D eigenvalue weighted by Gasteiger charge is -2.22. The van der Waals surface area contributed by atoms with Gasteiger partial charge in [0.05, 0.1) is 5.56 Å². The van der Waals surface area contributed by atoms with Gasteiger partial charge in [-0.05, 0) is 36.3 Å². The highest BCUT2D eigenvalue weighted by atomic mass is 79.9. The van der Waals surface area contributed by atoms with E-state index in [1.165, 1.54) is 12.1 Å². The molecular weight excluding hydrogens is 293 g/mol.